The number of amides is 1. The number of aromatic hydroxyl groups is 1. The summed E-state index contributed by atoms with van der Waals surface area (Å²) in [5.74, 6) is -0.323. The molecule has 0 radical (unpaired) electrons. The Labute approximate surface area is 179 Å². The first-order valence-corrected chi connectivity index (χ1v) is 10.1. The number of hydrogen-bond acceptors (Lipinski definition) is 5. The molecule has 6 nitrogen and oxygen atoms in total. The molecular formula is C21H19F3N2O4S. The summed E-state index contributed by atoms with van der Waals surface area (Å²) < 4.78 is 43.5. The van der Waals surface area contributed by atoms with Crippen LogP contribution in [0.1, 0.15) is 38.8 Å². The van der Waals surface area contributed by atoms with Crippen molar-refractivity contribution in [2.75, 3.05) is 6.61 Å². The van der Waals surface area contributed by atoms with E-state index in [1.807, 2.05) is 0 Å². The molecule has 10 heteroatoms. The number of carbonyl (C=O) groups excluding carboxylic acids is 1. The van der Waals surface area contributed by atoms with Crippen LogP contribution in [0.2, 0.25) is 0 Å². The van der Waals surface area contributed by atoms with E-state index in [1.165, 1.54) is 12.1 Å². The highest BCUT2D eigenvalue weighted by Gasteiger charge is 2.29. The van der Waals surface area contributed by atoms with Crippen molar-refractivity contribution in [3.8, 4) is 11.6 Å². The topological polar surface area (TPSA) is 91.4 Å². The van der Waals surface area contributed by atoms with Gasteiger partial charge in [-0.15, -0.1) is 0 Å². The van der Waals surface area contributed by atoms with Crippen LogP contribution in [0, 0.1) is 0 Å². The third-order valence-electron chi connectivity index (χ3n) is 4.39. The molecule has 0 saturated carbocycles. The second-order valence-electron chi connectivity index (χ2n) is 6.60. The highest BCUT2D eigenvalue weighted by molar-refractivity contribution is 7.09. The van der Waals surface area contributed by atoms with Crippen LogP contribution in [0.3, 0.4) is 0 Å². The molecule has 31 heavy (non-hydrogen) atoms. The molecule has 2 aromatic carbocycles. The highest BCUT2D eigenvalue weighted by Crippen LogP contribution is 2.29. The largest absolute Gasteiger partial charge is 0.494 e. The van der Waals surface area contributed by atoms with Gasteiger partial charge in [-0.25, -0.2) is 0 Å². The van der Waals surface area contributed by atoms with Crippen molar-refractivity contribution in [2.24, 2.45) is 0 Å². The van der Waals surface area contributed by atoms with Crippen molar-refractivity contribution < 1.29 is 27.8 Å². The van der Waals surface area contributed by atoms with Crippen molar-refractivity contribution in [3.05, 3.63) is 79.3 Å². The van der Waals surface area contributed by atoms with Gasteiger partial charge in [-0.3, -0.25) is 14.6 Å². The minimum atomic E-state index is -4.42. The molecule has 164 valence electrons. The zero-order valence-corrected chi connectivity index (χ0v) is 17.2. The molecule has 0 saturated heterocycles. The number of nitrogens with one attached hydrogen (secondary N) is 2. The lowest BCUT2D eigenvalue weighted by Crippen LogP contribution is -2.23. The summed E-state index contributed by atoms with van der Waals surface area (Å²) in [6, 6.07) is 9.47. The molecular weight excluding hydrogens is 433 g/mol. The van der Waals surface area contributed by atoms with Crippen molar-refractivity contribution in [1.82, 2.24) is 10.3 Å². The number of aromatic amines is 1. The van der Waals surface area contributed by atoms with Crippen LogP contribution in [0.4, 0.5) is 13.2 Å². The first kappa shape index (κ1) is 22.4. The van der Waals surface area contributed by atoms with Crippen molar-refractivity contribution in [3.63, 3.8) is 0 Å². The Balaban J connectivity index is 1.76. The predicted molar refractivity (Wildman–Crippen MR) is 110 cm³/mol. The van der Waals surface area contributed by atoms with Crippen LogP contribution in [-0.4, -0.2) is 22.6 Å². The third kappa shape index (κ3) is 5.66. The lowest BCUT2D eigenvalue weighted by atomic mass is 10.1. The van der Waals surface area contributed by atoms with E-state index in [-0.39, 0.29) is 29.3 Å². The van der Waals surface area contributed by atoms with Gasteiger partial charge < -0.3 is 15.2 Å². The Morgan fingerprint density at radius 2 is 1.84 bits per heavy atom. The Kier molecular flexibility index (Phi) is 6.69. The molecule has 0 fully saturated rings. The molecule has 3 rings (SSSR count). The number of hydrogen-bond donors (Lipinski definition) is 3. The van der Waals surface area contributed by atoms with Crippen LogP contribution in [-0.2, 0) is 19.1 Å². The summed E-state index contributed by atoms with van der Waals surface area (Å²) in [5, 5.41) is 12.4. The lowest BCUT2D eigenvalue weighted by Gasteiger charge is -2.13. The zero-order chi connectivity index (χ0) is 22.6. The first-order valence-electron chi connectivity index (χ1n) is 9.28. The van der Waals surface area contributed by atoms with Crippen LogP contribution >= 0.6 is 11.3 Å². The Morgan fingerprint density at radius 3 is 2.42 bits per heavy atom. The Morgan fingerprint density at radius 1 is 1.16 bits per heavy atom. The van der Waals surface area contributed by atoms with Crippen molar-refractivity contribution in [1.29, 1.82) is 0 Å². The molecule has 1 aromatic heterocycles. The lowest BCUT2D eigenvalue weighted by molar-refractivity contribution is -0.137. The molecule has 0 aliphatic heterocycles. The number of rotatable bonds is 7. The average molecular weight is 452 g/mol. The van der Waals surface area contributed by atoms with E-state index in [4.69, 9.17) is 4.74 Å². The number of thiazole rings is 1. The summed E-state index contributed by atoms with van der Waals surface area (Å²) in [6.45, 7) is 2.14. The van der Waals surface area contributed by atoms with Crippen LogP contribution in [0.25, 0.3) is 0 Å². The van der Waals surface area contributed by atoms with Crippen LogP contribution < -0.4 is 14.9 Å². The van der Waals surface area contributed by atoms with E-state index in [0.29, 0.717) is 28.4 Å². The Hall–Kier alpha value is -3.27. The molecule has 0 spiro atoms. The summed E-state index contributed by atoms with van der Waals surface area (Å²) in [4.78, 5) is 26.5. The fourth-order valence-corrected chi connectivity index (χ4v) is 3.65. The number of aromatic nitrogens is 1. The molecule has 1 amide bonds. The average Bonchev–Trinajstić information content (AvgIpc) is 3.03. The number of alkyl halides is 3. The number of H-pyrrole nitrogens is 1. The summed E-state index contributed by atoms with van der Waals surface area (Å²) >= 11 is 0.875. The van der Waals surface area contributed by atoms with E-state index in [1.54, 1.807) is 25.1 Å². The standard InChI is InChI=1S/C21H19F3N2O4S/c1-2-30-16-8-5-13(10-17-19(28)26-20(29)31-17)9-15(16)18(27)25-11-12-3-6-14(7-4-12)21(22,23)24/h3-9,28H,2,10-11H2,1H3,(H,25,27)(H,26,29). The summed E-state index contributed by atoms with van der Waals surface area (Å²) in [5.41, 5.74) is 0.670. The second-order valence-corrected chi connectivity index (χ2v) is 7.67. The maximum Gasteiger partial charge on any atom is 0.416 e. The molecule has 0 bridgehead atoms. The first-order chi connectivity index (χ1) is 14.7. The molecule has 1 heterocycles. The summed E-state index contributed by atoms with van der Waals surface area (Å²) in [7, 11) is 0. The van der Waals surface area contributed by atoms with E-state index < -0.39 is 17.6 Å². The van der Waals surface area contributed by atoms with Gasteiger partial charge >= 0.3 is 11.0 Å². The number of ether oxygens (including phenoxy) is 1. The van der Waals surface area contributed by atoms with E-state index in [0.717, 1.165) is 23.5 Å². The molecule has 3 N–H and O–H groups in total. The summed E-state index contributed by atoms with van der Waals surface area (Å²) in [6.07, 6.45) is -4.18. The van der Waals surface area contributed by atoms with Crippen molar-refractivity contribution >= 4 is 17.2 Å². The van der Waals surface area contributed by atoms with Gasteiger partial charge in [0.2, 0.25) is 5.88 Å². The highest BCUT2D eigenvalue weighted by atomic mass is 32.1. The predicted octanol–water partition coefficient (Wildman–Crippen LogP) is 4.08. The van der Waals surface area contributed by atoms with Gasteiger partial charge in [-0.05, 0) is 42.3 Å². The minimum Gasteiger partial charge on any atom is -0.494 e. The zero-order valence-electron chi connectivity index (χ0n) is 16.4. The molecule has 0 aliphatic rings. The maximum atomic E-state index is 12.7. The van der Waals surface area contributed by atoms with E-state index in [2.05, 4.69) is 10.3 Å². The molecule has 0 aliphatic carbocycles. The normalized spacial score (nSPS) is 11.4. The van der Waals surface area contributed by atoms with Gasteiger partial charge in [0.05, 0.1) is 22.6 Å². The van der Waals surface area contributed by atoms with Gasteiger partial charge in [0.1, 0.15) is 5.75 Å². The molecule has 3 aromatic rings. The van der Waals surface area contributed by atoms with Gasteiger partial charge in [0.15, 0.2) is 0 Å². The van der Waals surface area contributed by atoms with Gasteiger partial charge in [0.25, 0.3) is 5.91 Å². The monoisotopic (exact) mass is 452 g/mol. The number of carbonyl (C=O) groups is 1. The van der Waals surface area contributed by atoms with E-state index in [9.17, 15) is 27.9 Å². The van der Waals surface area contributed by atoms with Crippen LogP contribution in [0.5, 0.6) is 11.6 Å². The third-order valence-corrected chi connectivity index (χ3v) is 5.26. The fraction of sp³-hybridized carbons (Fsp3) is 0.238. The quantitative estimate of drug-likeness (QED) is 0.504. The fourth-order valence-electron chi connectivity index (χ4n) is 2.89. The van der Waals surface area contributed by atoms with Crippen LogP contribution in [0.15, 0.2) is 47.3 Å². The second kappa shape index (κ2) is 9.25. The SMILES string of the molecule is CCOc1ccc(Cc2sc(=O)[nH]c2O)cc1C(=O)NCc1ccc(C(F)(F)F)cc1. The number of benzene rings is 2. The van der Waals surface area contributed by atoms with Gasteiger partial charge in [-0.1, -0.05) is 29.5 Å². The van der Waals surface area contributed by atoms with Crippen molar-refractivity contribution in [2.45, 2.75) is 26.1 Å². The van der Waals surface area contributed by atoms with Gasteiger partial charge in [-0.2, -0.15) is 13.2 Å². The maximum absolute atomic E-state index is 12.7. The molecule has 0 atom stereocenters. The van der Waals surface area contributed by atoms with Gasteiger partial charge in [0, 0.05) is 13.0 Å². The smallest absolute Gasteiger partial charge is 0.416 e. The number of halogens is 3. The molecule has 0 unspecified atom stereocenters. The van der Waals surface area contributed by atoms with E-state index >= 15 is 0 Å². The minimum absolute atomic E-state index is 0.0347. The Bertz CT molecular complexity index is 1120.